The molecule has 0 unspecified atom stereocenters. The average molecular weight is 427 g/mol. The lowest BCUT2D eigenvalue weighted by atomic mass is 10.00. The number of hydrogen-bond acceptors (Lipinski definition) is 4. The zero-order valence-electron chi connectivity index (χ0n) is 17.8. The summed E-state index contributed by atoms with van der Waals surface area (Å²) in [6.07, 6.45) is 3.38. The Bertz CT molecular complexity index is 876. The summed E-state index contributed by atoms with van der Waals surface area (Å²) < 4.78 is 6.05. The average Bonchev–Trinajstić information content (AvgIpc) is 3.45. The first-order valence-corrected chi connectivity index (χ1v) is 11.7. The molecule has 0 N–H and O–H groups in total. The normalized spacial score (nSPS) is 18.2. The van der Waals surface area contributed by atoms with Gasteiger partial charge in [0, 0.05) is 23.9 Å². The Labute approximate surface area is 182 Å². The maximum atomic E-state index is 13.4. The summed E-state index contributed by atoms with van der Waals surface area (Å²) in [7, 11) is 0. The second-order valence-corrected chi connectivity index (χ2v) is 9.63. The third-order valence-electron chi connectivity index (χ3n) is 5.76. The second-order valence-electron chi connectivity index (χ2n) is 8.63. The molecular formula is C24H30N2O3S. The number of amides is 2. The molecule has 1 aromatic carbocycles. The van der Waals surface area contributed by atoms with Gasteiger partial charge in [-0.25, -0.2) is 0 Å². The fourth-order valence-electron chi connectivity index (χ4n) is 4.08. The minimum atomic E-state index is -0.117. The Balaban J connectivity index is 1.48. The van der Waals surface area contributed by atoms with Gasteiger partial charge in [-0.1, -0.05) is 32.0 Å². The topological polar surface area (TPSA) is 49.9 Å². The largest absolute Gasteiger partial charge is 0.491 e. The summed E-state index contributed by atoms with van der Waals surface area (Å²) in [5.41, 5.74) is 1.18. The van der Waals surface area contributed by atoms with E-state index in [-0.39, 0.29) is 30.4 Å². The van der Waals surface area contributed by atoms with Crippen molar-refractivity contribution in [2.45, 2.75) is 51.6 Å². The number of carbonyl (C=O) groups excluding carboxylic acids is 2. The van der Waals surface area contributed by atoms with E-state index < -0.39 is 0 Å². The highest BCUT2D eigenvalue weighted by Gasteiger charge is 2.37. The Morgan fingerprint density at radius 1 is 1.20 bits per heavy atom. The minimum absolute atomic E-state index is 0.0255. The molecule has 4 rings (SSSR count). The van der Waals surface area contributed by atoms with E-state index in [1.807, 2.05) is 54.0 Å². The molecule has 1 atom stereocenters. The molecule has 0 radical (unpaired) electrons. The van der Waals surface area contributed by atoms with Crippen LogP contribution in [0.5, 0.6) is 5.75 Å². The van der Waals surface area contributed by atoms with E-state index in [1.165, 1.54) is 10.4 Å². The van der Waals surface area contributed by atoms with Crippen LogP contribution in [0.3, 0.4) is 0 Å². The van der Waals surface area contributed by atoms with E-state index in [9.17, 15) is 9.59 Å². The molecule has 0 bridgehead atoms. The van der Waals surface area contributed by atoms with Gasteiger partial charge in [0.05, 0.1) is 6.04 Å². The quantitative estimate of drug-likeness (QED) is 0.633. The van der Waals surface area contributed by atoms with Crippen LogP contribution in [0, 0.1) is 5.92 Å². The van der Waals surface area contributed by atoms with Gasteiger partial charge in [-0.15, -0.1) is 11.3 Å². The molecule has 2 aromatic rings. The maximum absolute atomic E-state index is 13.4. The summed E-state index contributed by atoms with van der Waals surface area (Å²) in [6, 6.07) is 12.0. The standard InChI is InChI=1S/C24H30N2O3S/c1-17(2)14-23(27)26(18-8-9-18)15-24(28)25-12-10-22-20(11-13-30-22)21(25)16-29-19-6-4-3-5-7-19/h3-7,11,13,17-18,21H,8-10,12,14-16H2,1-2H3/t21-/m1/s1. The highest BCUT2D eigenvalue weighted by atomic mass is 32.1. The molecule has 1 saturated carbocycles. The van der Waals surface area contributed by atoms with Crippen molar-refractivity contribution < 1.29 is 14.3 Å². The van der Waals surface area contributed by atoms with Crippen molar-refractivity contribution in [3.63, 3.8) is 0 Å². The Kier molecular flexibility index (Phi) is 6.42. The Hall–Kier alpha value is -2.34. The molecule has 1 aliphatic carbocycles. The van der Waals surface area contributed by atoms with Crippen LogP contribution in [0.15, 0.2) is 41.8 Å². The second kappa shape index (κ2) is 9.21. The SMILES string of the molecule is CC(C)CC(=O)N(CC(=O)N1CCc2sccc2[C@H]1COc1ccccc1)C1CC1. The number of fused-ring (bicyclic) bond motifs is 1. The fraction of sp³-hybridized carbons (Fsp3) is 0.500. The minimum Gasteiger partial charge on any atom is -0.491 e. The summed E-state index contributed by atoms with van der Waals surface area (Å²) in [4.78, 5) is 31.2. The molecule has 2 amide bonds. The van der Waals surface area contributed by atoms with Crippen LogP contribution in [0.25, 0.3) is 0 Å². The lowest BCUT2D eigenvalue weighted by Crippen LogP contribution is -2.48. The summed E-state index contributed by atoms with van der Waals surface area (Å²) in [5.74, 6) is 1.23. The van der Waals surface area contributed by atoms with Crippen LogP contribution in [0.4, 0.5) is 0 Å². The van der Waals surface area contributed by atoms with E-state index >= 15 is 0 Å². The first-order chi connectivity index (χ1) is 14.5. The van der Waals surface area contributed by atoms with Gasteiger partial charge in [0.25, 0.3) is 0 Å². The number of thiophene rings is 1. The molecule has 1 aromatic heterocycles. The molecule has 1 aliphatic heterocycles. The van der Waals surface area contributed by atoms with E-state index in [0.717, 1.165) is 25.0 Å². The van der Waals surface area contributed by atoms with Crippen molar-refractivity contribution in [2.24, 2.45) is 5.92 Å². The monoisotopic (exact) mass is 426 g/mol. The Morgan fingerprint density at radius 3 is 2.67 bits per heavy atom. The number of rotatable bonds is 8. The van der Waals surface area contributed by atoms with Gasteiger partial charge >= 0.3 is 0 Å². The third-order valence-corrected chi connectivity index (χ3v) is 6.76. The molecule has 5 nitrogen and oxygen atoms in total. The number of hydrogen-bond donors (Lipinski definition) is 0. The van der Waals surface area contributed by atoms with Crippen molar-refractivity contribution in [1.29, 1.82) is 0 Å². The molecule has 6 heteroatoms. The molecule has 0 spiro atoms. The number of para-hydroxylation sites is 1. The summed E-state index contributed by atoms with van der Waals surface area (Å²) in [5, 5.41) is 2.09. The zero-order valence-corrected chi connectivity index (χ0v) is 18.6. The lowest BCUT2D eigenvalue weighted by Gasteiger charge is -2.37. The highest BCUT2D eigenvalue weighted by Crippen LogP contribution is 2.35. The number of carbonyl (C=O) groups is 2. The molecule has 30 heavy (non-hydrogen) atoms. The van der Waals surface area contributed by atoms with E-state index in [2.05, 4.69) is 11.4 Å². The zero-order chi connectivity index (χ0) is 21.1. The first kappa shape index (κ1) is 20.9. The summed E-state index contributed by atoms with van der Waals surface area (Å²) >= 11 is 1.75. The van der Waals surface area contributed by atoms with E-state index in [0.29, 0.717) is 25.5 Å². The van der Waals surface area contributed by atoms with Crippen molar-refractivity contribution in [3.8, 4) is 5.75 Å². The van der Waals surface area contributed by atoms with E-state index in [1.54, 1.807) is 11.3 Å². The van der Waals surface area contributed by atoms with Gasteiger partial charge < -0.3 is 14.5 Å². The van der Waals surface area contributed by atoms with E-state index in [4.69, 9.17) is 4.74 Å². The van der Waals surface area contributed by atoms with Gasteiger partial charge in [-0.2, -0.15) is 0 Å². The molecule has 0 saturated heterocycles. The van der Waals surface area contributed by atoms with Crippen LogP contribution in [0.2, 0.25) is 0 Å². The van der Waals surface area contributed by atoms with Crippen LogP contribution in [0.1, 0.15) is 49.6 Å². The molecule has 2 aliphatic rings. The third kappa shape index (κ3) is 4.86. The molecule has 2 heterocycles. The van der Waals surface area contributed by atoms with Crippen LogP contribution < -0.4 is 4.74 Å². The fourth-order valence-corrected chi connectivity index (χ4v) is 5.00. The van der Waals surface area contributed by atoms with Gasteiger partial charge in [0.15, 0.2) is 0 Å². The smallest absolute Gasteiger partial charge is 0.242 e. The van der Waals surface area contributed by atoms with Crippen molar-refractivity contribution in [3.05, 3.63) is 52.2 Å². The van der Waals surface area contributed by atoms with Crippen LogP contribution >= 0.6 is 11.3 Å². The van der Waals surface area contributed by atoms with Gasteiger partial charge in [-0.3, -0.25) is 9.59 Å². The van der Waals surface area contributed by atoms with Crippen molar-refractivity contribution in [1.82, 2.24) is 9.80 Å². The summed E-state index contributed by atoms with van der Waals surface area (Å²) in [6.45, 7) is 5.36. The molecular weight excluding hydrogens is 396 g/mol. The van der Waals surface area contributed by atoms with Gasteiger partial charge in [0.1, 0.15) is 18.9 Å². The highest BCUT2D eigenvalue weighted by molar-refractivity contribution is 7.10. The number of ether oxygens (including phenoxy) is 1. The lowest BCUT2D eigenvalue weighted by molar-refractivity contribution is -0.143. The Morgan fingerprint density at radius 2 is 1.97 bits per heavy atom. The van der Waals surface area contributed by atoms with Crippen molar-refractivity contribution in [2.75, 3.05) is 19.7 Å². The predicted molar refractivity (Wildman–Crippen MR) is 119 cm³/mol. The predicted octanol–water partition coefficient (Wildman–Crippen LogP) is 4.29. The van der Waals surface area contributed by atoms with Crippen LogP contribution in [-0.4, -0.2) is 47.4 Å². The molecule has 1 fully saturated rings. The van der Waals surface area contributed by atoms with Crippen molar-refractivity contribution >= 4 is 23.2 Å². The van der Waals surface area contributed by atoms with Crippen LogP contribution in [-0.2, 0) is 16.0 Å². The molecule has 160 valence electrons. The maximum Gasteiger partial charge on any atom is 0.242 e. The number of benzene rings is 1. The number of nitrogens with zero attached hydrogens (tertiary/aromatic N) is 2. The van der Waals surface area contributed by atoms with Gasteiger partial charge in [-0.05, 0) is 54.3 Å². The van der Waals surface area contributed by atoms with Gasteiger partial charge in [0.2, 0.25) is 11.8 Å². The first-order valence-electron chi connectivity index (χ1n) is 10.9.